The average Bonchev–Trinajstić information content (AvgIpc) is 2.91. The molecule has 0 aliphatic rings. The standard InChI is InChI=1S/C19H17N3O/c1-3-11-22-17-10-5-4-9-16(17)21-18(22)13-20-19(23)15-8-6-7-14(2)12-15/h1,4-10,12H,11,13H2,2H3,(H,20,23). The third kappa shape index (κ3) is 3.09. The van der Waals surface area contributed by atoms with Crippen LogP contribution in [0.2, 0.25) is 0 Å². The van der Waals surface area contributed by atoms with E-state index in [0.29, 0.717) is 18.7 Å². The number of benzene rings is 2. The molecule has 23 heavy (non-hydrogen) atoms. The summed E-state index contributed by atoms with van der Waals surface area (Å²) in [5.41, 5.74) is 3.55. The molecule has 114 valence electrons. The van der Waals surface area contributed by atoms with Crippen molar-refractivity contribution in [1.82, 2.24) is 14.9 Å². The predicted molar refractivity (Wildman–Crippen MR) is 90.9 cm³/mol. The van der Waals surface area contributed by atoms with Crippen molar-refractivity contribution in [2.24, 2.45) is 0 Å². The van der Waals surface area contributed by atoms with Gasteiger partial charge in [0.05, 0.1) is 24.1 Å². The van der Waals surface area contributed by atoms with Crippen molar-refractivity contribution in [2.75, 3.05) is 0 Å². The Morgan fingerprint density at radius 2 is 2.09 bits per heavy atom. The molecule has 1 heterocycles. The quantitative estimate of drug-likeness (QED) is 0.753. The van der Waals surface area contributed by atoms with E-state index >= 15 is 0 Å². The molecule has 0 atom stereocenters. The molecule has 4 nitrogen and oxygen atoms in total. The number of nitrogens with one attached hydrogen (secondary N) is 1. The maximum Gasteiger partial charge on any atom is 0.251 e. The number of nitrogens with zero attached hydrogens (tertiary/aromatic N) is 2. The summed E-state index contributed by atoms with van der Waals surface area (Å²) in [6.45, 7) is 2.72. The third-order valence-corrected chi connectivity index (χ3v) is 3.67. The Kier molecular flexibility index (Phi) is 4.11. The number of hydrogen-bond acceptors (Lipinski definition) is 2. The van der Waals surface area contributed by atoms with Crippen molar-refractivity contribution in [3.63, 3.8) is 0 Å². The second-order valence-corrected chi connectivity index (χ2v) is 5.36. The van der Waals surface area contributed by atoms with Gasteiger partial charge in [-0.15, -0.1) is 6.42 Å². The lowest BCUT2D eigenvalue weighted by atomic mass is 10.1. The SMILES string of the molecule is C#CCn1c(CNC(=O)c2cccc(C)c2)nc2ccccc21. The number of para-hydroxylation sites is 2. The van der Waals surface area contributed by atoms with Gasteiger partial charge in [0.15, 0.2) is 0 Å². The Balaban J connectivity index is 1.83. The summed E-state index contributed by atoms with van der Waals surface area (Å²) >= 11 is 0. The van der Waals surface area contributed by atoms with Gasteiger partial charge in [0.25, 0.3) is 5.91 Å². The molecule has 0 saturated heterocycles. The van der Waals surface area contributed by atoms with Crippen molar-refractivity contribution < 1.29 is 4.79 Å². The summed E-state index contributed by atoms with van der Waals surface area (Å²) in [5, 5.41) is 2.91. The highest BCUT2D eigenvalue weighted by Gasteiger charge is 2.11. The number of carbonyl (C=O) groups is 1. The van der Waals surface area contributed by atoms with Crippen molar-refractivity contribution in [2.45, 2.75) is 20.0 Å². The van der Waals surface area contributed by atoms with Crippen LogP contribution in [0.4, 0.5) is 0 Å². The van der Waals surface area contributed by atoms with Gasteiger partial charge in [-0.3, -0.25) is 4.79 Å². The molecule has 0 radical (unpaired) electrons. The molecule has 0 saturated carbocycles. The molecule has 0 bridgehead atoms. The Labute approximate surface area is 135 Å². The highest BCUT2D eigenvalue weighted by molar-refractivity contribution is 5.94. The first kappa shape index (κ1) is 14.9. The lowest BCUT2D eigenvalue weighted by Crippen LogP contribution is -2.24. The summed E-state index contributed by atoms with van der Waals surface area (Å²) in [6, 6.07) is 15.3. The molecule has 0 fully saturated rings. The Morgan fingerprint density at radius 1 is 1.26 bits per heavy atom. The smallest absolute Gasteiger partial charge is 0.251 e. The monoisotopic (exact) mass is 303 g/mol. The minimum atomic E-state index is -0.118. The van der Waals surface area contributed by atoms with E-state index in [-0.39, 0.29) is 5.91 Å². The number of aryl methyl sites for hydroxylation is 1. The van der Waals surface area contributed by atoms with E-state index < -0.39 is 0 Å². The molecule has 0 aliphatic carbocycles. The molecule has 3 rings (SSSR count). The molecule has 0 unspecified atom stereocenters. The molecule has 2 aromatic carbocycles. The van der Waals surface area contributed by atoms with E-state index in [9.17, 15) is 4.79 Å². The number of rotatable bonds is 4. The van der Waals surface area contributed by atoms with E-state index in [2.05, 4.69) is 16.2 Å². The summed E-state index contributed by atoms with van der Waals surface area (Å²) in [5.74, 6) is 3.28. The lowest BCUT2D eigenvalue weighted by Gasteiger charge is -2.08. The Hall–Kier alpha value is -3.06. The molecule has 3 aromatic rings. The van der Waals surface area contributed by atoms with Crippen LogP contribution in [-0.4, -0.2) is 15.5 Å². The number of hydrogen-bond donors (Lipinski definition) is 1. The van der Waals surface area contributed by atoms with Crippen molar-refractivity contribution in [3.05, 3.63) is 65.5 Å². The molecule has 0 spiro atoms. The van der Waals surface area contributed by atoms with Crippen LogP contribution in [-0.2, 0) is 13.1 Å². The predicted octanol–water partition coefficient (Wildman–Crippen LogP) is 2.91. The average molecular weight is 303 g/mol. The van der Waals surface area contributed by atoms with Gasteiger partial charge < -0.3 is 9.88 Å². The van der Waals surface area contributed by atoms with Gasteiger partial charge in [0.1, 0.15) is 5.82 Å². The van der Waals surface area contributed by atoms with E-state index in [1.807, 2.05) is 54.0 Å². The normalized spacial score (nSPS) is 10.4. The summed E-state index contributed by atoms with van der Waals surface area (Å²) in [7, 11) is 0. The summed E-state index contributed by atoms with van der Waals surface area (Å²) in [4.78, 5) is 16.8. The first-order chi connectivity index (χ1) is 11.2. The van der Waals surface area contributed by atoms with E-state index in [1.54, 1.807) is 6.07 Å². The van der Waals surface area contributed by atoms with Crippen LogP contribution >= 0.6 is 0 Å². The van der Waals surface area contributed by atoms with Gasteiger partial charge in [-0.2, -0.15) is 0 Å². The van der Waals surface area contributed by atoms with E-state index in [4.69, 9.17) is 6.42 Å². The minimum Gasteiger partial charge on any atom is -0.345 e. The third-order valence-electron chi connectivity index (χ3n) is 3.67. The zero-order valence-corrected chi connectivity index (χ0v) is 12.9. The fraction of sp³-hybridized carbons (Fsp3) is 0.158. The second-order valence-electron chi connectivity index (χ2n) is 5.36. The zero-order valence-electron chi connectivity index (χ0n) is 12.9. The van der Waals surface area contributed by atoms with E-state index in [1.165, 1.54) is 0 Å². The fourth-order valence-corrected chi connectivity index (χ4v) is 2.58. The van der Waals surface area contributed by atoms with Crippen LogP contribution < -0.4 is 5.32 Å². The molecular formula is C19H17N3O. The summed E-state index contributed by atoms with van der Waals surface area (Å²) < 4.78 is 1.95. The van der Waals surface area contributed by atoms with Crippen LogP contribution in [0.25, 0.3) is 11.0 Å². The fourth-order valence-electron chi connectivity index (χ4n) is 2.58. The number of imidazole rings is 1. The molecule has 1 amide bonds. The molecular weight excluding hydrogens is 286 g/mol. The maximum absolute atomic E-state index is 12.3. The molecule has 4 heteroatoms. The van der Waals surface area contributed by atoms with Crippen LogP contribution in [0.5, 0.6) is 0 Å². The number of fused-ring (bicyclic) bond motifs is 1. The zero-order chi connectivity index (χ0) is 16.2. The van der Waals surface area contributed by atoms with E-state index in [0.717, 1.165) is 22.4 Å². The molecule has 1 N–H and O–H groups in total. The van der Waals surface area contributed by atoms with Crippen LogP contribution in [0, 0.1) is 19.3 Å². The second kappa shape index (κ2) is 6.37. The number of terminal acetylenes is 1. The van der Waals surface area contributed by atoms with Gasteiger partial charge in [-0.05, 0) is 31.2 Å². The van der Waals surface area contributed by atoms with Crippen LogP contribution in [0.3, 0.4) is 0 Å². The largest absolute Gasteiger partial charge is 0.345 e. The molecule has 1 aromatic heterocycles. The first-order valence-electron chi connectivity index (χ1n) is 7.41. The topological polar surface area (TPSA) is 46.9 Å². The Bertz CT molecular complexity index is 902. The highest BCUT2D eigenvalue weighted by Crippen LogP contribution is 2.16. The van der Waals surface area contributed by atoms with Gasteiger partial charge >= 0.3 is 0 Å². The van der Waals surface area contributed by atoms with Crippen molar-refractivity contribution in [3.8, 4) is 12.3 Å². The van der Waals surface area contributed by atoms with Crippen LogP contribution in [0.1, 0.15) is 21.7 Å². The highest BCUT2D eigenvalue weighted by atomic mass is 16.1. The Morgan fingerprint density at radius 3 is 2.87 bits per heavy atom. The van der Waals surface area contributed by atoms with Crippen LogP contribution in [0.15, 0.2) is 48.5 Å². The van der Waals surface area contributed by atoms with Crippen molar-refractivity contribution in [1.29, 1.82) is 0 Å². The number of aromatic nitrogens is 2. The molecule has 0 aliphatic heterocycles. The first-order valence-corrected chi connectivity index (χ1v) is 7.41. The van der Waals surface area contributed by atoms with Crippen molar-refractivity contribution >= 4 is 16.9 Å². The van der Waals surface area contributed by atoms with Gasteiger partial charge in [0.2, 0.25) is 0 Å². The van der Waals surface area contributed by atoms with Gasteiger partial charge in [-0.1, -0.05) is 35.7 Å². The lowest BCUT2D eigenvalue weighted by molar-refractivity contribution is 0.0949. The van der Waals surface area contributed by atoms with Gasteiger partial charge in [0, 0.05) is 5.56 Å². The number of carbonyl (C=O) groups excluding carboxylic acids is 1. The number of amides is 1. The maximum atomic E-state index is 12.3. The summed E-state index contributed by atoms with van der Waals surface area (Å²) in [6.07, 6.45) is 5.46. The van der Waals surface area contributed by atoms with Gasteiger partial charge in [-0.25, -0.2) is 4.98 Å². The minimum absolute atomic E-state index is 0.118.